The van der Waals surface area contributed by atoms with Crippen LogP contribution < -0.4 is 10.6 Å². The molecule has 72 valence electrons. The van der Waals surface area contributed by atoms with Crippen molar-refractivity contribution >= 4 is 12.2 Å². The lowest BCUT2D eigenvalue weighted by Crippen LogP contribution is -2.26. The summed E-state index contributed by atoms with van der Waals surface area (Å²) in [4.78, 5) is 0. The van der Waals surface area contributed by atoms with Gasteiger partial charge >= 0.3 is 0 Å². The van der Waals surface area contributed by atoms with Gasteiger partial charge in [0.15, 0.2) is 0 Å². The van der Waals surface area contributed by atoms with Crippen molar-refractivity contribution in [1.82, 2.24) is 9.78 Å². The van der Waals surface area contributed by atoms with Crippen LogP contribution in [0.3, 0.4) is 0 Å². The molecule has 0 aliphatic rings. The van der Waals surface area contributed by atoms with Crippen LogP contribution in [-0.4, -0.2) is 9.78 Å². The lowest BCUT2D eigenvalue weighted by molar-refractivity contribution is 0.742. The summed E-state index contributed by atoms with van der Waals surface area (Å²) in [5.74, 6) is 0. The Balaban J connectivity index is 0.000000671. The van der Waals surface area contributed by atoms with Crippen LogP contribution in [0.5, 0.6) is 0 Å². The minimum Gasteiger partial charge on any atom is -0.268 e. The largest absolute Gasteiger partial charge is 0.268 e. The highest BCUT2D eigenvalue weighted by molar-refractivity contribution is 5.35. The van der Waals surface area contributed by atoms with E-state index in [0.717, 1.165) is 10.6 Å². The summed E-state index contributed by atoms with van der Waals surface area (Å²) in [6.45, 7) is 9.63. The summed E-state index contributed by atoms with van der Waals surface area (Å²) in [6, 6.07) is 0. The van der Waals surface area contributed by atoms with E-state index in [1.165, 1.54) is 0 Å². The first-order chi connectivity index (χ1) is 6.29. The number of nitrogens with zero attached hydrogens (tertiary/aromatic N) is 2. The Hall–Kier alpha value is -1.31. The average Bonchev–Trinajstić information content (AvgIpc) is 2.51. The van der Waals surface area contributed by atoms with Gasteiger partial charge in [-0.05, 0) is 6.92 Å². The second-order valence-electron chi connectivity index (χ2n) is 2.30. The number of hydrogen-bond acceptors (Lipinski definition) is 1. The Kier molecular flexibility index (Phi) is 5.60. The Morgan fingerprint density at radius 1 is 1.46 bits per heavy atom. The van der Waals surface area contributed by atoms with E-state index in [1.54, 1.807) is 6.08 Å². The molecule has 0 saturated heterocycles. The van der Waals surface area contributed by atoms with E-state index < -0.39 is 0 Å². The quantitative estimate of drug-likeness (QED) is 0.632. The van der Waals surface area contributed by atoms with E-state index >= 15 is 0 Å². The van der Waals surface area contributed by atoms with Gasteiger partial charge in [0.05, 0.1) is 11.5 Å². The van der Waals surface area contributed by atoms with Crippen LogP contribution in [0.15, 0.2) is 18.9 Å². The van der Waals surface area contributed by atoms with Crippen molar-refractivity contribution in [2.24, 2.45) is 7.05 Å². The maximum absolute atomic E-state index is 4.11. The Labute approximate surface area is 79.9 Å². The molecule has 0 aliphatic carbocycles. The van der Waals surface area contributed by atoms with Gasteiger partial charge in [0, 0.05) is 12.3 Å². The fourth-order valence-electron chi connectivity index (χ4n) is 1.07. The predicted octanol–water partition coefficient (Wildman–Crippen LogP) is 1.21. The lowest BCUT2D eigenvalue weighted by atomic mass is 10.4. The number of aromatic nitrogens is 2. The molecule has 0 atom stereocenters. The van der Waals surface area contributed by atoms with Crippen LogP contribution >= 0.6 is 0 Å². The first-order valence-electron chi connectivity index (χ1n) is 4.56. The molecule has 2 heteroatoms. The molecule has 1 heterocycles. The fraction of sp³-hybridized carbons (Fsp3) is 0.364. The third-order valence-corrected chi connectivity index (χ3v) is 1.59. The molecular formula is C11H18N2. The third-order valence-electron chi connectivity index (χ3n) is 1.59. The highest BCUT2D eigenvalue weighted by Gasteiger charge is 1.87. The highest BCUT2D eigenvalue weighted by atomic mass is 15.2. The zero-order chi connectivity index (χ0) is 10.3. The molecule has 0 saturated carbocycles. The zero-order valence-corrected chi connectivity index (χ0v) is 8.91. The highest BCUT2D eigenvalue weighted by Crippen LogP contribution is 1.66. The molecule has 13 heavy (non-hydrogen) atoms. The first kappa shape index (κ1) is 11.7. The zero-order valence-electron chi connectivity index (χ0n) is 8.91. The predicted molar refractivity (Wildman–Crippen MR) is 58.6 cm³/mol. The summed E-state index contributed by atoms with van der Waals surface area (Å²) in [5.41, 5.74) is 0. The van der Waals surface area contributed by atoms with Gasteiger partial charge in [-0.1, -0.05) is 38.7 Å². The second kappa shape index (κ2) is 6.23. The van der Waals surface area contributed by atoms with Crippen LogP contribution in [-0.2, 0) is 7.05 Å². The van der Waals surface area contributed by atoms with Crippen molar-refractivity contribution in [2.45, 2.75) is 20.8 Å². The molecule has 0 spiro atoms. The minimum atomic E-state index is 1.12. The van der Waals surface area contributed by atoms with Gasteiger partial charge in [0.1, 0.15) is 0 Å². The van der Waals surface area contributed by atoms with Crippen LogP contribution in [0.4, 0.5) is 0 Å². The molecule has 1 aromatic heterocycles. The molecular weight excluding hydrogens is 160 g/mol. The van der Waals surface area contributed by atoms with Crippen molar-refractivity contribution < 1.29 is 0 Å². The van der Waals surface area contributed by atoms with Crippen molar-refractivity contribution in [3.05, 3.63) is 29.4 Å². The van der Waals surface area contributed by atoms with Gasteiger partial charge in [0.2, 0.25) is 0 Å². The van der Waals surface area contributed by atoms with E-state index in [2.05, 4.69) is 11.7 Å². The van der Waals surface area contributed by atoms with Crippen molar-refractivity contribution in [1.29, 1.82) is 0 Å². The fourth-order valence-corrected chi connectivity index (χ4v) is 1.07. The number of allylic oxidation sites excluding steroid dienone is 1. The maximum Gasteiger partial charge on any atom is 0.0636 e. The lowest BCUT2D eigenvalue weighted by Gasteiger charge is -1.85. The van der Waals surface area contributed by atoms with E-state index in [-0.39, 0.29) is 0 Å². The Bertz CT molecular complexity index is 358. The maximum atomic E-state index is 4.11. The Morgan fingerprint density at radius 2 is 2.08 bits per heavy atom. The molecule has 0 fully saturated rings. The van der Waals surface area contributed by atoms with Crippen molar-refractivity contribution in [3.63, 3.8) is 0 Å². The summed E-state index contributed by atoms with van der Waals surface area (Å²) >= 11 is 0. The normalized spacial score (nSPS) is 12.3. The number of aryl methyl sites for hydroxylation is 1. The smallest absolute Gasteiger partial charge is 0.0636 e. The molecule has 1 rings (SSSR count). The Morgan fingerprint density at radius 3 is 2.54 bits per heavy atom. The SMILES string of the molecule is C=C/C=c1/cnn(C)/c1=C/C.CC. The monoisotopic (exact) mass is 178 g/mol. The molecule has 0 unspecified atom stereocenters. The summed E-state index contributed by atoms with van der Waals surface area (Å²) in [7, 11) is 1.93. The second-order valence-corrected chi connectivity index (χ2v) is 2.30. The van der Waals surface area contributed by atoms with Crippen LogP contribution in [0, 0.1) is 0 Å². The minimum absolute atomic E-state index is 1.12. The molecule has 0 bridgehead atoms. The van der Waals surface area contributed by atoms with Gasteiger partial charge in [-0.2, -0.15) is 5.10 Å². The van der Waals surface area contributed by atoms with Crippen LogP contribution in [0.25, 0.3) is 12.2 Å². The summed E-state index contributed by atoms with van der Waals surface area (Å²) in [6.07, 6.45) is 7.58. The van der Waals surface area contributed by atoms with E-state index in [9.17, 15) is 0 Å². The van der Waals surface area contributed by atoms with E-state index in [0.29, 0.717) is 0 Å². The average molecular weight is 178 g/mol. The van der Waals surface area contributed by atoms with Gasteiger partial charge in [0.25, 0.3) is 0 Å². The van der Waals surface area contributed by atoms with Gasteiger partial charge < -0.3 is 0 Å². The van der Waals surface area contributed by atoms with Gasteiger partial charge in [-0.25, -0.2) is 0 Å². The van der Waals surface area contributed by atoms with Gasteiger partial charge in [-0.15, -0.1) is 0 Å². The number of rotatable bonds is 1. The van der Waals surface area contributed by atoms with E-state index in [4.69, 9.17) is 0 Å². The molecule has 0 aromatic carbocycles. The molecule has 0 N–H and O–H groups in total. The molecule has 0 radical (unpaired) electrons. The van der Waals surface area contributed by atoms with Crippen LogP contribution in [0.1, 0.15) is 20.8 Å². The van der Waals surface area contributed by atoms with Gasteiger partial charge in [-0.3, -0.25) is 4.68 Å². The third kappa shape index (κ3) is 2.90. The molecule has 2 nitrogen and oxygen atoms in total. The summed E-state index contributed by atoms with van der Waals surface area (Å²) < 4.78 is 1.84. The van der Waals surface area contributed by atoms with Crippen molar-refractivity contribution in [2.75, 3.05) is 0 Å². The standard InChI is InChI=1S/C9H12N2.C2H6/c1-4-6-8-7-10-11(3)9(8)5-2;1-2/h4-7H,1H2,2-3H3;1-2H3/b8-6-,9-5+;. The first-order valence-corrected chi connectivity index (χ1v) is 4.56. The summed E-state index contributed by atoms with van der Waals surface area (Å²) in [5, 5.41) is 6.36. The van der Waals surface area contributed by atoms with Crippen molar-refractivity contribution in [3.8, 4) is 0 Å². The molecule has 0 aliphatic heterocycles. The molecule has 1 aromatic rings. The molecule has 0 amide bonds. The topological polar surface area (TPSA) is 17.8 Å². The van der Waals surface area contributed by atoms with Crippen LogP contribution in [0.2, 0.25) is 0 Å². The van der Waals surface area contributed by atoms with E-state index in [1.807, 2.05) is 50.8 Å². The number of hydrogen-bond donors (Lipinski definition) is 0.